The Balaban J connectivity index is 2.48. The predicted octanol–water partition coefficient (Wildman–Crippen LogP) is 2.41. The fourth-order valence-electron chi connectivity index (χ4n) is 2.13. The third-order valence-electron chi connectivity index (χ3n) is 3.15. The monoisotopic (exact) mass is 263 g/mol. The highest BCUT2D eigenvalue weighted by Crippen LogP contribution is 2.29. The number of ether oxygens (including phenoxy) is 1. The molecule has 0 spiro atoms. The topological polar surface area (TPSA) is 53.1 Å². The van der Waals surface area contributed by atoms with Crippen LogP contribution in [0.3, 0.4) is 0 Å². The number of rotatable bonds is 4. The van der Waals surface area contributed by atoms with Gasteiger partial charge in [-0.2, -0.15) is 5.10 Å². The zero-order chi connectivity index (χ0) is 14.0. The number of nitrogens with two attached hydrogens (primary N) is 1. The zero-order valence-electron chi connectivity index (χ0n) is 11.4. The highest BCUT2D eigenvalue weighted by molar-refractivity contribution is 5.37. The van der Waals surface area contributed by atoms with Crippen LogP contribution >= 0.6 is 0 Å². The van der Waals surface area contributed by atoms with E-state index < -0.39 is 6.04 Å². The van der Waals surface area contributed by atoms with Crippen molar-refractivity contribution in [2.24, 2.45) is 5.73 Å². The Morgan fingerprint density at radius 3 is 2.79 bits per heavy atom. The van der Waals surface area contributed by atoms with E-state index in [4.69, 9.17) is 10.5 Å². The number of hydrogen-bond acceptors (Lipinski definition) is 3. The van der Waals surface area contributed by atoms with Crippen molar-refractivity contribution in [3.05, 3.63) is 47.0 Å². The van der Waals surface area contributed by atoms with E-state index in [9.17, 15) is 4.39 Å². The molecular formula is C14H18FN3O. The van der Waals surface area contributed by atoms with Crippen LogP contribution in [-0.4, -0.2) is 16.9 Å². The van der Waals surface area contributed by atoms with Crippen molar-refractivity contribution in [3.8, 4) is 5.75 Å². The first kappa shape index (κ1) is 13.5. The highest BCUT2D eigenvalue weighted by atomic mass is 19.1. The lowest BCUT2D eigenvalue weighted by molar-refractivity contribution is 0.404. The maximum Gasteiger partial charge on any atom is 0.161 e. The summed E-state index contributed by atoms with van der Waals surface area (Å²) in [6, 6.07) is 4.44. The van der Waals surface area contributed by atoms with Crippen molar-refractivity contribution in [1.29, 1.82) is 0 Å². The second-order valence-electron chi connectivity index (χ2n) is 4.42. The quantitative estimate of drug-likeness (QED) is 0.921. The molecule has 0 radical (unpaired) electrons. The Hall–Kier alpha value is -1.88. The minimum Gasteiger partial charge on any atom is -0.493 e. The van der Waals surface area contributed by atoms with Crippen molar-refractivity contribution in [1.82, 2.24) is 9.78 Å². The number of methoxy groups -OCH3 is 1. The van der Waals surface area contributed by atoms with Gasteiger partial charge in [0.2, 0.25) is 0 Å². The molecule has 0 bridgehead atoms. The Kier molecular flexibility index (Phi) is 3.85. The number of hydrogen-bond donors (Lipinski definition) is 1. The molecule has 1 aromatic heterocycles. The van der Waals surface area contributed by atoms with Crippen molar-refractivity contribution >= 4 is 0 Å². The van der Waals surface area contributed by atoms with Gasteiger partial charge in [-0.05, 0) is 25.5 Å². The maximum absolute atomic E-state index is 14.0. The van der Waals surface area contributed by atoms with Gasteiger partial charge < -0.3 is 10.5 Å². The fraction of sp³-hybridized carbons (Fsp3) is 0.357. The maximum atomic E-state index is 14.0. The fourth-order valence-corrected chi connectivity index (χ4v) is 2.13. The first-order chi connectivity index (χ1) is 9.08. The van der Waals surface area contributed by atoms with Crippen molar-refractivity contribution in [2.75, 3.05) is 7.11 Å². The molecular weight excluding hydrogens is 245 g/mol. The molecule has 0 amide bonds. The van der Waals surface area contributed by atoms with Crippen LogP contribution in [0.15, 0.2) is 24.4 Å². The van der Waals surface area contributed by atoms with Crippen LogP contribution in [0, 0.1) is 12.7 Å². The van der Waals surface area contributed by atoms with Crippen molar-refractivity contribution < 1.29 is 9.13 Å². The SMILES string of the molecule is CCn1ncc(OC)c1C(N)c1ccc(C)cc1F. The van der Waals surface area contributed by atoms with Crippen LogP contribution in [0.4, 0.5) is 4.39 Å². The lowest BCUT2D eigenvalue weighted by Gasteiger charge is -2.16. The molecule has 0 fully saturated rings. The van der Waals surface area contributed by atoms with Gasteiger partial charge in [0, 0.05) is 12.1 Å². The summed E-state index contributed by atoms with van der Waals surface area (Å²) >= 11 is 0. The van der Waals surface area contributed by atoms with Crippen molar-refractivity contribution in [2.45, 2.75) is 26.4 Å². The lowest BCUT2D eigenvalue weighted by atomic mass is 10.0. The normalized spacial score (nSPS) is 12.5. The van der Waals surface area contributed by atoms with Gasteiger partial charge in [-0.1, -0.05) is 12.1 Å². The van der Waals surface area contributed by atoms with Gasteiger partial charge in [0.25, 0.3) is 0 Å². The summed E-state index contributed by atoms with van der Waals surface area (Å²) in [5, 5.41) is 4.19. The smallest absolute Gasteiger partial charge is 0.161 e. The van der Waals surface area contributed by atoms with E-state index in [0.717, 1.165) is 5.56 Å². The summed E-state index contributed by atoms with van der Waals surface area (Å²) in [6.45, 7) is 4.45. The van der Waals surface area contributed by atoms with Crippen LogP contribution in [0.2, 0.25) is 0 Å². The van der Waals surface area contributed by atoms with Gasteiger partial charge in [-0.3, -0.25) is 4.68 Å². The van der Waals surface area contributed by atoms with Crippen molar-refractivity contribution in [3.63, 3.8) is 0 Å². The van der Waals surface area contributed by atoms with Crippen LogP contribution in [-0.2, 0) is 6.54 Å². The van der Waals surface area contributed by atoms with E-state index in [2.05, 4.69) is 5.10 Å². The molecule has 0 saturated heterocycles. The van der Waals surface area contributed by atoms with E-state index in [0.29, 0.717) is 23.6 Å². The Morgan fingerprint density at radius 1 is 1.47 bits per heavy atom. The third-order valence-corrected chi connectivity index (χ3v) is 3.15. The molecule has 2 N–H and O–H groups in total. The molecule has 1 atom stereocenters. The molecule has 0 aliphatic heterocycles. The Bertz CT molecular complexity index is 559. The zero-order valence-corrected chi connectivity index (χ0v) is 11.4. The van der Waals surface area contributed by atoms with Gasteiger partial charge in [-0.15, -0.1) is 0 Å². The number of aryl methyl sites for hydroxylation is 2. The summed E-state index contributed by atoms with van der Waals surface area (Å²) in [5.41, 5.74) is 8.18. The Labute approximate surface area is 112 Å². The summed E-state index contributed by atoms with van der Waals surface area (Å²) in [4.78, 5) is 0. The van der Waals surface area contributed by atoms with Crippen LogP contribution in [0.5, 0.6) is 5.75 Å². The number of nitrogens with zero attached hydrogens (tertiary/aromatic N) is 2. The minimum absolute atomic E-state index is 0.307. The second-order valence-corrected chi connectivity index (χ2v) is 4.42. The van der Waals surface area contributed by atoms with Crippen LogP contribution in [0.1, 0.15) is 29.8 Å². The number of benzene rings is 1. The third kappa shape index (κ3) is 2.46. The Morgan fingerprint density at radius 2 is 2.21 bits per heavy atom. The molecule has 5 heteroatoms. The molecule has 1 aromatic carbocycles. The first-order valence-electron chi connectivity index (χ1n) is 6.19. The molecule has 1 unspecified atom stereocenters. The molecule has 19 heavy (non-hydrogen) atoms. The minimum atomic E-state index is -0.599. The van der Waals surface area contributed by atoms with E-state index in [1.807, 2.05) is 19.9 Å². The summed E-state index contributed by atoms with van der Waals surface area (Å²) < 4.78 is 21.0. The summed E-state index contributed by atoms with van der Waals surface area (Å²) in [6.07, 6.45) is 1.60. The van der Waals surface area contributed by atoms with E-state index >= 15 is 0 Å². The van der Waals surface area contributed by atoms with Gasteiger partial charge >= 0.3 is 0 Å². The van der Waals surface area contributed by atoms with Gasteiger partial charge in [0.15, 0.2) is 5.75 Å². The largest absolute Gasteiger partial charge is 0.493 e. The first-order valence-corrected chi connectivity index (χ1v) is 6.19. The average molecular weight is 263 g/mol. The number of halogens is 1. The van der Waals surface area contributed by atoms with E-state index in [1.54, 1.807) is 24.1 Å². The average Bonchev–Trinajstić information content (AvgIpc) is 2.80. The van der Waals surface area contributed by atoms with Gasteiger partial charge in [0.1, 0.15) is 11.5 Å². The van der Waals surface area contributed by atoms with Gasteiger partial charge in [0.05, 0.1) is 19.3 Å². The predicted molar refractivity (Wildman–Crippen MR) is 71.6 cm³/mol. The highest BCUT2D eigenvalue weighted by Gasteiger charge is 2.22. The van der Waals surface area contributed by atoms with E-state index in [1.165, 1.54) is 6.07 Å². The van der Waals surface area contributed by atoms with Crippen LogP contribution < -0.4 is 10.5 Å². The summed E-state index contributed by atoms with van der Waals surface area (Å²) in [7, 11) is 1.55. The standard InChI is InChI=1S/C14H18FN3O/c1-4-18-14(12(19-3)8-17-18)13(16)10-6-5-9(2)7-11(10)15/h5-8,13H,4,16H2,1-3H3. The molecule has 102 valence electrons. The molecule has 4 nitrogen and oxygen atoms in total. The lowest BCUT2D eigenvalue weighted by Crippen LogP contribution is -2.19. The molecule has 2 rings (SSSR count). The number of aromatic nitrogens is 2. The van der Waals surface area contributed by atoms with Crippen LogP contribution in [0.25, 0.3) is 0 Å². The molecule has 0 aliphatic rings. The molecule has 1 heterocycles. The molecule has 0 saturated carbocycles. The van der Waals surface area contributed by atoms with Gasteiger partial charge in [-0.25, -0.2) is 4.39 Å². The summed E-state index contributed by atoms with van der Waals surface area (Å²) in [5.74, 6) is 0.271. The van der Waals surface area contributed by atoms with E-state index in [-0.39, 0.29) is 5.82 Å². The molecule has 0 aliphatic carbocycles. The second kappa shape index (κ2) is 5.40. The molecule has 2 aromatic rings.